The number of alkyl halides is 3. The molecule has 0 heterocycles. The summed E-state index contributed by atoms with van der Waals surface area (Å²) < 4.78 is 37.4. The number of ketones is 1. The van der Waals surface area contributed by atoms with E-state index in [0.717, 1.165) is 16.7 Å². The first-order valence-electron chi connectivity index (χ1n) is 6.08. The third kappa shape index (κ3) is 4.49. The third-order valence-corrected chi connectivity index (χ3v) is 3.65. The Labute approximate surface area is 124 Å². The van der Waals surface area contributed by atoms with E-state index in [2.05, 4.69) is 0 Å². The predicted octanol–water partition coefficient (Wildman–Crippen LogP) is 4.95. The van der Waals surface area contributed by atoms with Crippen LogP contribution in [0, 0.1) is 0 Å². The Bertz CT molecular complexity index is 634. The second-order valence-corrected chi connectivity index (χ2v) is 5.27. The average molecular weight is 308 g/mol. The molecule has 108 valence electrons. The molecule has 2 aromatic rings. The number of thioether (sulfide) groups is 1. The summed E-state index contributed by atoms with van der Waals surface area (Å²) in [6.45, 7) is 0. The summed E-state index contributed by atoms with van der Waals surface area (Å²) in [5.74, 6) is -1.86. The summed E-state index contributed by atoms with van der Waals surface area (Å²) in [7, 11) is 0. The molecule has 0 fully saturated rings. The molecule has 0 aliphatic heterocycles. The SMILES string of the molecule is O=C(/C=C(\Sc1ccccc1)c1ccccc1)C(F)(F)F. The molecule has 0 saturated heterocycles. The lowest BCUT2D eigenvalue weighted by Crippen LogP contribution is -2.20. The van der Waals surface area contributed by atoms with Crippen LogP contribution in [-0.4, -0.2) is 12.0 Å². The zero-order chi connectivity index (χ0) is 15.3. The monoisotopic (exact) mass is 308 g/mol. The molecule has 0 N–H and O–H groups in total. The lowest BCUT2D eigenvalue weighted by atomic mass is 10.2. The Balaban J connectivity index is 2.36. The molecule has 0 bridgehead atoms. The zero-order valence-electron chi connectivity index (χ0n) is 10.8. The highest BCUT2D eigenvalue weighted by molar-refractivity contribution is 8.08. The van der Waals surface area contributed by atoms with E-state index in [1.807, 2.05) is 6.07 Å². The Hall–Kier alpha value is -2.01. The van der Waals surface area contributed by atoms with E-state index in [0.29, 0.717) is 11.6 Å². The third-order valence-electron chi connectivity index (χ3n) is 2.57. The van der Waals surface area contributed by atoms with E-state index < -0.39 is 12.0 Å². The Morgan fingerprint density at radius 3 is 1.95 bits per heavy atom. The van der Waals surface area contributed by atoms with E-state index >= 15 is 0 Å². The van der Waals surface area contributed by atoms with Gasteiger partial charge in [0, 0.05) is 15.9 Å². The van der Waals surface area contributed by atoms with Crippen molar-refractivity contribution in [2.24, 2.45) is 0 Å². The van der Waals surface area contributed by atoms with Gasteiger partial charge in [-0.05, 0) is 17.7 Å². The normalized spacial score (nSPS) is 12.2. The highest BCUT2D eigenvalue weighted by Crippen LogP contribution is 2.35. The first-order chi connectivity index (χ1) is 9.97. The van der Waals surface area contributed by atoms with E-state index in [1.54, 1.807) is 54.6 Å². The highest BCUT2D eigenvalue weighted by atomic mass is 32.2. The second-order valence-electron chi connectivity index (χ2n) is 4.15. The van der Waals surface area contributed by atoms with Gasteiger partial charge in [-0.15, -0.1) is 0 Å². The maximum atomic E-state index is 12.5. The van der Waals surface area contributed by atoms with Gasteiger partial charge in [0.25, 0.3) is 5.78 Å². The number of hydrogen-bond acceptors (Lipinski definition) is 2. The quantitative estimate of drug-likeness (QED) is 0.587. The number of benzene rings is 2. The molecule has 1 nitrogen and oxygen atoms in total. The molecular weight excluding hydrogens is 297 g/mol. The Kier molecular flexibility index (Phi) is 4.85. The van der Waals surface area contributed by atoms with Crippen LogP contribution in [0.15, 0.2) is 71.6 Å². The maximum Gasteiger partial charge on any atom is 0.454 e. The predicted molar refractivity (Wildman–Crippen MR) is 77.8 cm³/mol. The summed E-state index contributed by atoms with van der Waals surface area (Å²) >= 11 is 1.13. The maximum absolute atomic E-state index is 12.5. The smallest absolute Gasteiger partial charge is 0.285 e. The molecule has 0 aromatic heterocycles. The lowest BCUT2D eigenvalue weighted by molar-refractivity contribution is -0.165. The largest absolute Gasteiger partial charge is 0.454 e. The fourth-order valence-corrected chi connectivity index (χ4v) is 2.56. The van der Waals surface area contributed by atoms with Gasteiger partial charge in [-0.2, -0.15) is 13.2 Å². The molecule has 0 radical (unpaired) electrons. The van der Waals surface area contributed by atoms with Crippen LogP contribution in [0.4, 0.5) is 13.2 Å². The van der Waals surface area contributed by atoms with Crippen molar-refractivity contribution in [3.8, 4) is 0 Å². The van der Waals surface area contributed by atoms with Crippen molar-refractivity contribution < 1.29 is 18.0 Å². The number of allylic oxidation sites excluding steroid dienone is 1. The minimum Gasteiger partial charge on any atom is -0.285 e. The number of carbonyl (C=O) groups is 1. The van der Waals surface area contributed by atoms with Gasteiger partial charge < -0.3 is 0 Å². The van der Waals surface area contributed by atoms with Crippen molar-refractivity contribution in [3.63, 3.8) is 0 Å². The molecule has 0 aliphatic rings. The molecule has 0 atom stereocenters. The number of halogens is 3. The number of carbonyl (C=O) groups excluding carboxylic acids is 1. The van der Waals surface area contributed by atoms with Gasteiger partial charge in [0.15, 0.2) is 0 Å². The van der Waals surface area contributed by atoms with Gasteiger partial charge in [-0.25, -0.2) is 0 Å². The number of hydrogen-bond donors (Lipinski definition) is 0. The van der Waals surface area contributed by atoms with Crippen LogP contribution in [0.3, 0.4) is 0 Å². The van der Waals surface area contributed by atoms with Gasteiger partial charge in [-0.1, -0.05) is 60.3 Å². The summed E-state index contributed by atoms with van der Waals surface area (Å²) in [6.07, 6.45) is -4.22. The lowest BCUT2D eigenvalue weighted by Gasteiger charge is -2.08. The number of rotatable bonds is 4. The molecule has 0 unspecified atom stereocenters. The molecular formula is C16H11F3OS. The van der Waals surface area contributed by atoms with Crippen LogP contribution in [-0.2, 0) is 4.79 Å². The van der Waals surface area contributed by atoms with Gasteiger partial charge in [0.2, 0.25) is 0 Å². The van der Waals surface area contributed by atoms with Crippen LogP contribution >= 0.6 is 11.8 Å². The van der Waals surface area contributed by atoms with Gasteiger partial charge in [0.1, 0.15) is 0 Å². The van der Waals surface area contributed by atoms with E-state index in [4.69, 9.17) is 0 Å². The molecule has 0 saturated carbocycles. The minimum absolute atomic E-state index is 0.268. The molecule has 2 rings (SSSR count). The van der Waals surface area contributed by atoms with Crippen LogP contribution in [0.25, 0.3) is 4.91 Å². The van der Waals surface area contributed by atoms with Crippen LogP contribution < -0.4 is 0 Å². The van der Waals surface area contributed by atoms with Crippen LogP contribution in [0.2, 0.25) is 0 Å². The molecule has 21 heavy (non-hydrogen) atoms. The van der Waals surface area contributed by atoms with Crippen molar-refractivity contribution in [1.29, 1.82) is 0 Å². The van der Waals surface area contributed by atoms with E-state index in [1.165, 1.54) is 0 Å². The molecule has 0 aliphatic carbocycles. The zero-order valence-corrected chi connectivity index (χ0v) is 11.6. The average Bonchev–Trinajstić information content (AvgIpc) is 2.47. The highest BCUT2D eigenvalue weighted by Gasteiger charge is 2.36. The first kappa shape index (κ1) is 15.4. The topological polar surface area (TPSA) is 17.1 Å². The van der Waals surface area contributed by atoms with E-state index in [-0.39, 0.29) is 4.91 Å². The second kappa shape index (κ2) is 6.63. The summed E-state index contributed by atoms with van der Waals surface area (Å²) in [4.78, 5) is 12.3. The van der Waals surface area contributed by atoms with Gasteiger partial charge >= 0.3 is 6.18 Å². The van der Waals surface area contributed by atoms with Crippen molar-refractivity contribution in [1.82, 2.24) is 0 Å². The van der Waals surface area contributed by atoms with Crippen molar-refractivity contribution in [2.45, 2.75) is 11.1 Å². The van der Waals surface area contributed by atoms with Crippen LogP contribution in [0.1, 0.15) is 5.56 Å². The fourth-order valence-electron chi connectivity index (χ4n) is 1.59. The van der Waals surface area contributed by atoms with Crippen LogP contribution in [0.5, 0.6) is 0 Å². The summed E-state index contributed by atoms with van der Waals surface area (Å²) in [5, 5.41) is 0. The Morgan fingerprint density at radius 1 is 0.905 bits per heavy atom. The standard InChI is InChI=1S/C16H11F3OS/c17-16(18,19)15(20)11-14(12-7-3-1-4-8-12)21-13-9-5-2-6-10-13/h1-11H/b14-11-. The minimum atomic E-state index is -4.86. The first-order valence-corrected chi connectivity index (χ1v) is 6.89. The fraction of sp³-hybridized carbons (Fsp3) is 0.0625. The van der Waals surface area contributed by atoms with Crippen molar-refractivity contribution >= 4 is 22.5 Å². The molecule has 2 aromatic carbocycles. The van der Waals surface area contributed by atoms with E-state index in [9.17, 15) is 18.0 Å². The summed E-state index contributed by atoms with van der Waals surface area (Å²) in [6, 6.07) is 17.5. The van der Waals surface area contributed by atoms with Gasteiger partial charge in [0.05, 0.1) is 0 Å². The summed E-state index contributed by atoms with van der Waals surface area (Å²) in [5.41, 5.74) is 0.573. The molecule has 0 spiro atoms. The van der Waals surface area contributed by atoms with Crippen molar-refractivity contribution in [3.05, 3.63) is 72.3 Å². The van der Waals surface area contributed by atoms with Crippen molar-refractivity contribution in [2.75, 3.05) is 0 Å². The van der Waals surface area contributed by atoms with Gasteiger partial charge in [-0.3, -0.25) is 4.79 Å². The molecule has 0 amide bonds. The Morgan fingerprint density at radius 2 is 1.43 bits per heavy atom. The molecule has 5 heteroatoms.